The number of fused-ring (bicyclic) bond motifs is 2. The lowest BCUT2D eigenvalue weighted by molar-refractivity contribution is -0.150. The second-order valence-corrected chi connectivity index (χ2v) is 8.53. The second kappa shape index (κ2) is 7.98. The summed E-state index contributed by atoms with van der Waals surface area (Å²) in [4.78, 5) is 33.8. The van der Waals surface area contributed by atoms with Crippen LogP contribution in [0.1, 0.15) is 29.3 Å². The van der Waals surface area contributed by atoms with Gasteiger partial charge in [0.05, 0.1) is 18.7 Å². The van der Waals surface area contributed by atoms with Crippen LogP contribution in [-0.4, -0.2) is 68.5 Å². The summed E-state index contributed by atoms with van der Waals surface area (Å²) in [7, 11) is 1.52. The fraction of sp³-hybridized carbons (Fsp3) is 0.364. The Labute approximate surface area is 189 Å². The van der Waals surface area contributed by atoms with Gasteiger partial charge in [0.2, 0.25) is 11.9 Å². The minimum absolute atomic E-state index is 0.00199. The summed E-state index contributed by atoms with van der Waals surface area (Å²) in [5.74, 6) is 0.614. The highest BCUT2D eigenvalue weighted by Gasteiger charge is 2.44. The largest absolute Gasteiger partial charge is 0.493 e. The molecule has 2 aliphatic heterocycles. The zero-order valence-electron chi connectivity index (χ0n) is 17.8. The Balaban J connectivity index is 1.40. The average molecular weight is 455 g/mol. The number of nitrogens with zero attached hydrogens (tertiary/aromatic N) is 5. The van der Waals surface area contributed by atoms with E-state index in [1.165, 1.54) is 11.6 Å². The molecule has 1 aromatic carbocycles. The fourth-order valence-corrected chi connectivity index (χ4v) is 4.44. The third-order valence-corrected chi connectivity index (χ3v) is 6.36. The first-order valence-electron chi connectivity index (χ1n) is 10.5. The molecular formula is C22H23ClN6O3. The van der Waals surface area contributed by atoms with Gasteiger partial charge in [-0.15, -0.1) is 5.10 Å². The Morgan fingerprint density at radius 1 is 1.34 bits per heavy atom. The molecule has 2 aromatic heterocycles. The molecule has 0 aliphatic carbocycles. The number of hydrogen-bond donors (Lipinski definition) is 1. The van der Waals surface area contributed by atoms with Crippen LogP contribution < -0.4 is 10.1 Å². The number of nitrogens with one attached hydrogen (secondary N) is 1. The molecule has 2 atom stereocenters. The molecule has 4 heterocycles. The lowest BCUT2D eigenvalue weighted by Crippen LogP contribution is -2.67. The number of rotatable bonds is 5. The van der Waals surface area contributed by atoms with E-state index in [2.05, 4.69) is 15.4 Å². The number of halogens is 1. The smallest absolute Gasteiger partial charge is 0.256 e. The Kier molecular flexibility index (Phi) is 5.13. The highest BCUT2D eigenvalue weighted by Crippen LogP contribution is 2.29. The highest BCUT2D eigenvalue weighted by molar-refractivity contribution is 6.30. The van der Waals surface area contributed by atoms with Crippen LogP contribution in [0.5, 0.6) is 5.75 Å². The highest BCUT2D eigenvalue weighted by atomic mass is 35.5. The third kappa shape index (κ3) is 3.52. The molecule has 10 heteroatoms. The monoisotopic (exact) mass is 454 g/mol. The van der Waals surface area contributed by atoms with Gasteiger partial charge in [0.1, 0.15) is 6.04 Å². The molecule has 9 nitrogen and oxygen atoms in total. The number of carbonyl (C=O) groups excluding carboxylic acids is 2. The van der Waals surface area contributed by atoms with Crippen LogP contribution in [0.25, 0.3) is 5.65 Å². The van der Waals surface area contributed by atoms with Crippen molar-refractivity contribution in [3.8, 4) is 5.75 Å². The van der Waals surface area contributed by atoms with E-state index >= 15 is 0 Å². The maximum Gasteiger partial charge on any atom is 0.256 e. The number of piperazine rings is 1. The van der Waals surface area contributed by atoms with Crippen molar-refractivity contribution in [3.05, 3.63) is 52.7 Å². The van der Waals surface area contributed by atoms with Crippen LogP contribution >= 0.6 is 11.6 Å². The van der Waals surface area contributed by atoms with Gasteiger partial charge < -0.3 is 19.9 Å². The van der Waals surface area contributed by atoms with Crippen LogP contribution in [0.4, 0.5) is 5.95 Å². The molecule has 1 N–H and O–H groups in total. The van der Waals surface area contributed by atoms with Crippen molar-refractivity contribution < 1.29 is 14.3 Å². The normalized spacial score (nSPS) is 20.2. The van der Waals surface area contributed by atoms with Crippen molar-refractivity contribution in [2.45, 2.75) is 32.0 Å². The number of carbonyl (C=O) groups is 2. The molecule has 0 saturated carbocycles. The molecule has 166 valence electrons. The molecule has 2 fully saturated rings. The maximum atomic E-state index is 13.3. The molecular weight excluding hydrogens is 432 g/mol. The Morgan fingerprint density at radius 3 is 2.91 bits per heavy atom. The molecule has 0 bridgehead atoms. The topological polar surface area (TPSA) is 92.1 Å². The lowest BCUT2D eigenvalue weighted by Gasteiger charge is -2.50. The molecule has 2 unspecified atom stereocenters. The molecule has 0 spiro atoms. The molecule has 5 rings (SSSR count). The number of pyridine rings is 1. The van der Waals surface area contributed by atoms with E-state index in [9.17, 15) is 9.59 Å². The molecule has 2 aliphatic rings. The van der Waals surface area contributed by atoms with Crippen LogP contribution in [0.2, 0.25) is 5.02 Å². The summed E-state index contributed by atoms with van der Waals surface area (Å²) >= 11 is 6.04. The lowest BCUT2D eigenvalue weighted by atomic mass is 9.95. The minimum Gasteiger partial charge on any atom is -0.493 e. The quantitative estimate of drug-likeness (QED) is 0.636. The van der Waals surface area contributed by atoms with Gasteiger partial charge in [-0.05, 0) is 37.1 Å². The Bertz CT molecular complexity index is 1210. The number of methoxy groups -OCH3 is 1. The molecule has 32 heavy (non-hydrogen) atoms. The minimum atomic E-state index is -0.494. The standard InChI is InChI=1S/C22H23ClN6O3/c1-13-20(30)27-7-6-17(27)12-28(13)21(31)15-9-18(32-2)19-25-22(26-29(19)11-15)24-10-14-4-3-5-16(23)8-14/h3-5,8-9,11,13,17H,6-7,10,12H2,1-2H3,(H,24,26). The summed E-state index contributed by atoms with van der Waals surface area (Å²) in [6.45, 7) is 3.59. The number of anilines is 1. The van der Waals surface area contributed by atoms with E-state index in [0.717, 1.165) is 18.5 Å². The van der Waals surface area contributed by atoms with Crippen LogP contribution in [0.3, 0.4) is 0 Å². The van der Waals surface area contributed by atoms with E-state index in [4.69, 9.17) is 16.3 Å². The van der Waals surface area contributed by atoms with E-state index in [-0.39, 0.29) is 17.9 Å². The van der Waals surface area contributed by atoms with Crippen LogP contribution in [0, 0.1) is 0 Å². The van der Waals surface area contributed by atoms with Gasteiger partial charge in [0.25, 0.3) is 5.91 Å². The second-order valence-electron chi connectivity index (χ2n) is 8.09. The van der Waals surface area contributed by atoms with E-state index in [1.54, 1.807) is 24.1 Å². The van der Waals surface area contributed by atoms with Gasteiger partial charge >= 0.3 is 0 Å². The predicted octanol–water partition coefficient (Wildman–Crippen LogP) is 2.45. The van der Waals surface area contributed by atoms with Crippen molar-refractivity contribution in [1.82, 2.24) is 24.4 Å². The third-order valence-electron chi connectivity index (χ3n) is 6.13. The van der Waals surface area contributed by atoms with Gasteiger partial charge in [0, 0.05) is 30.9 Å². The molecule has 2 amide bonds. The fourth-order valence-electron chi connectivity index (χ4n) is 4.23. The summed E-state index contributed by atoms with van der Waals surface area (Å²) in [5, 5.41) is 8.28. The van der Waals surface area contributed by atoms with Crippen molar-refractivity contribution in [3.63, 3.8) is 0 Å². The molecule has 0 radical (unpaired) electrons. The van der Waals surface area contributed by atoms with Crippen molar-refractivity contribution in [2.75, 3.05) is 25.5 Å². The van der Waals surface area contributed by atoms with Gasteiger partial charge in [-0.3, -0.25) is 9.59 Å². The number of benzene rings is 1. The number of hydrogen-bond acceptors (Lipinski definition) is 6. The predicted molar refractivity (Wildman–Crippen MR) is 119 cm³/mol. The first kappa shape index (κ1) is 20.6. The summed E-state index contributed by atoms with van der Waals surface area (Å²) in [5.41, 5.74) is 1.88. The SMILES string of the molecule is COc1cc(C(=O)N2CC3CCN3C(=O)C2C)cn2nc(NCc3cccc(Cl)c3)nc12. The summed E-state index contributed by atoms with van der Waals surface area (Å²) < 4.78 is 7.01. The van der Waals surface area contributed by atoms with Crippen LogP contribution in [-0.2, 0) is 11.3 Å². The average Bonchev–Trinajstić information content (AvgIpc) is 3.18. The number of ether oxygens (including phenoxy) is 1. The zero-order valence-corrected chi connectivity index (χ0v) is 18.5. The van der Waals surface area contributed by atoms with Crippen molar-refractivity contribution in [1.29, 1.82) is 0 Å². The van der Waals surface area contributed by atoms with E-state index < -0.39 is 6.04 Å². The first-order valence-corrected chi connectivity index (χ1v) is 10.9. The van der Waals surface area contributed by atoms with E-state index in [1.807, 2.05) is 29.2 Å². The summed E-state index contributed by atoms with van der Waals surface area (Å²) in [6.07, 6.45) is 2.55. The van der Waals surface area contributed by atoms with E-state index in [0.29, 0.717) is 41.0 Å². The molecule has 3 aromatic rings. The van der Waals surface area contributed by atoms with Crippen molar-refractivity contribution >= 4 is 35.0 Å². The van der Waals surface area contributed by atoms with Gasteiger partial charge in [-0.25, -0.2) is 4.52 Å². The van der Waals surface area contributed by atoms with Crippen molar-refractivity contribution in [2.24, 2.45) is 0 Å². The number of amides is 2. The van der Waals surface area contributed by atoms with Gasteiger partial charge in [0.15, 0.2) is 11.4 Å². The van der Waals surface area contributed by atoms with Gasteiger partial charge in [-0.2, -0.15) is 4.98 Å². The number of aromatic nitrogens is 3. The summed E-state index contributed by atoms with van der Waals surface area (Å²) in [6, 6.07) is 8.79. The van der Waals surface area contributed by atoms with Crippen LogP contribution in [0.15, 0.2) is 36.5 Å². The first-order chi connectivity index (χ1) is 15.4. The Hall–Kier alpha value is -3.33. The van der Waals surface area contributed by atoms with Gasteiger partial charge in [-0.1, -0.05) is 23.7 Å². The maximum absolute atomic E-state index is 13.3. The molecule has 2 saturated heterocycles. The Morgan fingerprint density at radius 2 is 2.19 bits per heavy atom. The zero-order chi connectivity index (χ0) is 22.4.